The average Bonchev–Trinajstić information content (AvgIpc) is 2.75. The SMILES string of the molecule is COc1ccc(C(=O)NC2CCCCNC2)cc1[N+](=O)[O-]. The number of nitro benzene ring substituents is 1. The number of methoxy groups -OCH3 is 1. The molecule has 1 aliphatic rings. The summed E-state index contributed by atoms with van der Waals surface area (Å²) in [6, 6.07) is 4.28. The first-order chi connectivity index (χ1) is 10.1. The second kappa shape index (κ2) is 7.03. The summed E-state index contributed by atoms with van der Waals surface area (Å²) in [5.41, 5.74) is 0.0656. The van der Waals surface area contributed by atoms with Crippen molar-refractivity contribution in [2.75, 3.05) is 20.2 Å². The van der Waals surface area contributed by atoms with E-state index in [4.69, 9.17) is 4.74 Å². The molecule has 1 aromatic rings. The van der Waals surface area contributed by atoms with Crippen molar-refractivity contribution in [2.24, 2.45) is 0 Å². The lowest BCUT2D eigenvalue weighted by atomic mass is 10.1. The number of hydrogen-bond acceptors (Lipinski definition) is 5. The minimum Gasteiger partial charge on any atom is -0.490 e. The minimum atomic E-state index is -0.553. The predicted octanol–water partition coefficient (Wildman–Crippen LogP) is 1.48. The van der Waals surface area contributed by atoms with Crippen LogP contribution in [0.5, 0.6) is 5.75 Å². The third-order valence-electron chi connectivity index (χ3n) is 3.52. The third kappa shape index (κ3) is 3.91. The summed E-state index contributed by atoms with van der Waals surface area (Å²) < 4.78 is 4.92. The molecule has 1 aromatic carbocycles. The summed E-state index contributed by atoms with van der Waals surface area (Å²) in [5.74, 6) is -0.151. The molecule has 0 aliphatic carbocycles. The highest BCUT2D eigenvalue weighted by Crippen LogP contribution is 2.27. The molecule has 114 valence electrons. The minimum absolute atomic E-state index is 0.0566. The van der Waals surface area contributed by atoms with E-state index in [1.54, 1.807) is 0 Å². The van der Waals surface area contributed by atoms with E-state index in [0.717, 1.165) is 32.4 Å². The summed E-state index contributed by atoms with van der Waals surface area (Å²) in [4.78, 5) is 22.6. The number of nitrogens with zero attached hydrogens (tertiary/aromatic N) is 1. The number of carbonyl (C=O) groups excluding carboxylic acids is 1. The number of nitro groups is 1. The second-order valence-corrected chi connectivity index (χ2v) is 5.01. The van der Waals surface area contributed by atoms with Gasteiger partial charge in [-0.05, 0) is 31.5 Å². The fraction of sp³-hybridized carbons (Fsp3) is 0.500. The van der Waals surface area contributed by atoms with Gasteiger partial charge in [0.05, 0.1) is 12.0 Å². The Morgan fingerprint density at radius 3 is 3.00 bits per heavy atom. The topological polar surface area (TPSA) is 93.5 Å². The van der Waals surface area contributed by atoms with Gasteiger partial charge in [-0.1, -0.05) is 6.42 Å². The van der Waals surface area contributed by atoms with E-state index in [0.29, 0.717) is 0 Å². The Kier molecular flexibility index (Phi) is 5.10. The third-order valence-corrected chi connectivity index (χ3v) is 3.52. The Balaban J connectivity index is 2.11. The predicted molar refractivity (Wildman–Crippen MR) is 77.6 cm³/mol. The molecular formula is C14H19N3O4. The Labute approximate surface area is 122 Å². The zero-order valence-corrected chi connectivity index (χ0v) is 11.9. The molecule has 21 heavy (non-hydrogen) atoms. The molecule has 1 unspecified atom stereocenters. The van der Waals surface area contributed by atoms with E-state index in [9.17, 15) is 14.9 Å². The molecule has 0 saturated carbocycles. The molecular weight excluding hydrogens is 274 g/mol. The molecule has 1 saturated heterocycles. The summed E-state index contributed by atoms with van der Waals surface area (Å²) >= 11 is 0. The smallest absolute Gasteiger partial charge is 0.311 e. The Hall–Kier alpha value is -2.15. The standard InChI is InChI=1S/C14H19N3O4/c1-21-13-6-5-10(8-12(13)17(19)20)14(18)16-11-4-2-3-7-15-9-11/h5-6,8,11,15H,2-4,7,9H2,1H3,(H,16,18). The van der Waals surface area contributed by atoms with Gasteiger partial charge in [-0.25, -0.2) is 0 Å². The molecule has 1 fully saturated rings. The van der Waals surface area contributed by atoms with Crippen molar-refractivity contribution < 1.29 is 14.5 Å². The lowest BCUT2D eigenvalue weighted by Crippen LogP contribution is -2.40. The van der Waals surface area contributed by atoms with Gasteiger partial charge >= 0.3 is 5.69 Å². The Morgan fingerprint density at radius 1 is 1.48 bits per heavy atom. The first-order valence-electron chi connectivity index (χ1n) is 6.96. The zero-order valence-electron chi connectivity index (χ0n) is 11.9. The van der Waals surface area contributed by atoms with Crippen LogP contribution in [0.4, 0.5) is 5.69 Å². The Bertz CT molecular complexity index is 525. The maximum atomic E-state index is 12.2. The first kappa shape index (κ1) is 15.2. The van der Waals surface area contributed by atoms with Crippen LogP contribution in [-0.4, -0.2) is 37.1 Å². The molecule has 2 N–H and O–H groups in total. The van der Waals surface area contributed by atoms with Crippen LogP contribution in [0.25, 0.3) is 0 Å². The lowest BCUT2D eigenvalue weighted by Gasteiger charge is -2.16. The van der Waals surface area contributed by atoms with Crippen molar-refractivity contribution in [3.8, 4) is 5.75 Å². The van der Waals surface area contributed by atoms with Crippen LogP contribution in [0, 0.1) is 10.1 Å². The molecule has 7 heteroatoms. The van der Waals surface area contributed by atoms with Crippen molar-refractivity contribution in [3.63, 3.8) is 0 Å². The molecule has 1 atom stereocenters. The monoisotopic (exact) mass is 293 g/mol. The van der Waals surface area contributed by atoms with E-state index in [-0.39, 0.29) is 28.9 Å². The summed E-state index contributed by atoms with van der Waals surface area (Å²) in [5, 5.41) is 17.1. The highest BCUT2D eigenvalue weighted by atomic mass is 16.6. The van der Waals surface area contributed by atoms with Crippen LogP contribution >= 0.6 is 0 Å². The van der Waals surface area contributed by atoms with E-state index in [1.165, 1.54) is 25.3 Å². The van der Waals surface area contributed by atoms with Gasteiger partial charge in [0.15, 0.2) is 5.75 Å². The first-order valence-corrected chi connectivity index (χ1v) is 6.96. The normalized spacial score (nSPS) is 18.6. The number of amides is 1. The van der Waals surface area contributed by atoms with Crippen LogP contribution in [0.3, 0.4) is 0 Å². The molecule has 1 heterocycles. The highest BCUT2D eigenvalue weighted by Gasteiger charge is 2.20. The van der Waals surface area contributed by atoms with Gasteiger partial charge in [0, 0.05) is 24.2 Å². The molecule has 0 aromatic heterocycles. The lowest BCUT2D eigenvalue weighted by molar-refractivity contribution is -0.385. The summed E-state index contributed by atoms with van der Waals surface area (Å²) in [6.07, 6.45) is 3.07. The molecule has 0 radical (unpaired) electrons. The molecule has 0 spiro atoms. The van der Waals surface area contributed by atoms with Crippen molar-refractivity contribution in [1.82, 2.24) is 10.6 Å². The van der Waals surface area contributed by atoms with Crippen molar-refractivity contribution in [1.29, 1.82) is 0 Å². The van der Waals surface area contributed by atoms with E-state index in [1.807, 2.05) is 0 Å². The van der Waals surface area contributed by atoms with E-state index in [2.05, 4.69) is 10.6 Å². The van der Waals surface area contributed by atoms with Crippen molar-refractivity contribution in [2.45, 2.75) is 25.3 Å². The highest BCUT2D eigenvalue weighted by molar-refractivity contribution is 5.95. The molecule has 1 amide bonds. The molecule has 1 aliphatic heterocycles. The second-order valence-electron chi connectivity index (χ2n) is 5.01. The molecule has 7 nitrogen and oxygen atoms in total. The fourth-order valence-electron chi connectivity index (χ4n) is 2.38. The fourth-order valence-corrected chi connectivity index (χ4v) is 2.38. The van der Waals surface area contributed by atoms with Crippen LogP contribution < -0.4 is 15.4 Å². The number of benzene rings is 1. The number of ether oxygens (including phenoxy) is 1. The van der Waals surface area contributed by atoms with Crippen LogP contribution in [0.2, 0.25) is 0 Å². The summed E-state index contributed by atoms with van der Waals surface area (Å²) in [6.45, 7) is 1.68. The quantitative estimate of drug-likeness (QED) is 0.647. The van der Waals surface area contributed by atoms with Gasteiger partial charge in [-0.2, -0.15) is 0 Å². The van der Waals surface area contributed by atoms with Crippen molar-refractivity contribution in [3.05, 3.63) is 33.9 Å². The van der Waals surface area contributed by atoms with Crippen LogP contribution in [0.15, 0.2) is 18.2 Å². The summed E-state index contributed by atoms with van der Waals surface area (Å²) in [7, 11) is 1.36. The van der Waals surface area contributed by atoms with Crippen molar-refractivity contribution >= 4 is 11.6 Å². The van der Waals surface area contributed by atoms with Gasteiger partial charge < -0.3 is 15.4 Å². The molecule has 0 bridgehead atoms. The van der Waals surface area contributed by atoms with Gasteiger partial charge in [0.25, 0.3) is 5.91 Å². The Morgan fingerprint density at radius 2 is 2.29 bits per heavy atom. The van der Waals surface area contributed by atoms with E-state index >= 15 is 0 Å². The van der Waals surface area contributed by atoms with Gasteiger partial charge in [-0.15, -0.1) is 0 Å². The average molecular weight is 293 g/mol. The zero-order chi connectivity index (χ0) is 15.2. The van der Waals surface area contributed by atoms with E-state index < -0.39 is 4.92 Å². The van der Waals surface area contributed by atoms with Gasteiger partial charge in [0.2, 0.25) is 0 Å². The number of hydrogen-bond donors (Lipinski definition) is 2. The van der Waals surface area contributed by atoms with Crippen LogP contribution in [-0.2, 0) is 0 Å². The number of nitrogens with one attached hydrogen (secondary N) is 2. The van der Waals surface area contributed by atoms with Crippen LogP contribution in [0.1, 0.15) is 29.6 Å². The number of rotatable bonds is 4. The maximum absolute atomic E-state index is 12.2. The largest absolute Gasteiger partial charge is 0.490 e. The van der Waals surface area contributed by atoms with Gasteiger partial charge in [0.1, 0.15) is 0 Å². The molecule has 2 rings (SSSR count). The maximum Gasteiger partial charge on any atom is 0.311 e. The van der Waals surface area contributed by atoms with Gasteiger partial charge in [-0.3, -0.25) is 14.9 Å². The number of carbonyl (C=O) groups is 1.